The molecule has 2 N–H and O–H groups in total. The second-order valence-electron chi connectivity index (χ2n) is 6.94. The molecule has 0 saturated carbocycles. The van der Waals surface area contributed by atoms with Gasteiger partial charge in [-0.3, -0.25) is 0 Å². The third-order valence-corrected chi connectivity index (χ3v) is 5.40. The van der Waals surface area contributed by atoms with Crippen LogP contribution in [0.5, 0.6) is 23.0 Å². The minimum absolute atomic E-state index is 0.221. The van der Waals surface area contributed by atoms with Gasteiger partial charge in [-0.2, -0.15) is 0 Å². The van der Waals surface area contributed by atoms with Crippen LogP contribution in [-0.4, -0.2) is 10.2 Å². The SMILES string of the molecule is Oc1ccc(C2(c3ccc(O)cc3)c3ccccc3Oc3ccccc32)cc1. The lowest BCUT2D eigenvalue weighted by Gasteiger charge is -2.41. The van der Waals surface area contributed by atoms with Crippen molar-refractivity contribution in [2.24, 2.45) is 0 Å². The molecule has 3 heteroatoms. The number of phenols is 2. The van der Waals surface area contributed by atoms with Crippen LogP contribution < -0.4 is 4.74 Å². The quantitative estimate of drug-likeness (QED) is 0.428. The van der Waals surface area contributed by atoms with Crippen LogP contribution in [0.3, 0.4) is 0 Å². The molecule has 0 atom stereocenters. The molecule has 1 aliphatic heterocycles. The first-order valence-corrected chi connectivity index (χ1v) is 9.15. The molecule has 0 aromatic heterocycles. The minimum Gasteiger partial charge on any atom is -0.508 e. The van der Waals surface area contributed by atoms with E-state index in [1.807, 2.05) is 60.7 Å². The summed E-state index contributed by atoms with van der Waals surface area (Å²) in [5.41, 5.74) is 3.43. The molecule has 0 aliphatic carbocycles. The Bertz CT molecular complexity index is 1050. The van der Waals surface area contributed by atoms with Crippen molar-refractivity contribution in [3.63, 3.8) is 0 Å². The fourth-order valence-corrected chi connectivity index (χ4v) is 4.21. The lowest BCUT2D eigenvalue weighted by molar-refractivity contribution is 0.433. The number of ether oxygens (including phenoxy) is 1. The third-order valence-electron chi connectivity index (χ3n) is 5.40. The molecule has 1 aliphatic rings. The van der Waals surface area contributed by atoms with E-state index in [9.17, 15) is 10.2 Å². The van der Waals surface area contributed by atoms with Gasteiger partial charge in [0.2, 0.25) is 0 Å². The average molecular weight is 366 g/mol. The zero-order valence-corrected chi connectivity index (χ0v) is 15.0. The number of para-hydroxylation sites is 2. The van der Waals surface area contributed by atoms with Gasteiger partial charge in [0, 0.05) is 11.1 Å². The topological polar surface area (TPSA) is 49.7 Å². The fraction of sp³-hybridized carbons (Fsp3) is 0.0400. The zero-order valence-electron chi connectivity index (χ0n) is 15.0. The van der Waals surface area contributed by atoms with E-state index in [1.165, 1.54) is 0 Å². The number of fused-ring (bicyclic) bond motifs is 2. The molecule has 28 heavy (non-hydrogen) atoms. The largest absolute Gasteiger partial charge is 0.508 e. The lowest BCUT2D eigenvalue weighted by atomic mass is 9.63. The highest BCUT2D eigenvalue weighted by Gasteiger charge is 2.45. The molecule has 0 saturated heterocycles. The van der Waals surface area contributed by atoms with Gasteiger partial charge in [-0.25, -0.2) is 0 Å². The molecule has 0 unspecified atom stereocenters. The number of hydrogen-bond acceptors (Lipinski definition) is 3. The Kier molecular flexibility index (Phi) is 3.63. The van der Waals surface area contributed by atoms with E-state index in [-0.39, 0.29) is 11.5 Å². The number of hydrogen-bond donors (Lipinski definition) is 2. The molecule has 136 valence electrons. The molecule has 3 nitrogen and oxygen atoms in total. The Labute approximate surface area is 163 Å². The molecule has 5 rings (SSSR count). The fourth-order valence-electron chi connectivity index (χ4n) is 4.21. The standard InChI is InChI=1S/C25H18O3/c26-19-13-9-17(10-14-19)25(18-11-15-20(27)16-12-18)21-5-1-3-7-23(21)28-24-8-4-2-6-22(24)25/h1-16,26-27H. The lowest BCUT2D eigenvalue weighted by Crippen LogP contribution is -2.34. The van der Waals surface area contributed by atoms with Crippen LogP contribution >= 0.6 is 0 Å². The van der Waals surface area contributed by atoms with Gasteiger partial charge in [0.25, 0.3) is 0 Å². The number of rotatable bonds is 2. The van der Waals surface area contributed by atoms with Gasteiger partial charge in [-0.05, 0) is 47.5 Å². The summed E-state index contributed by atoms with van der Waals surface area (Å²) in [4.78, 5) is 0. The highest BCUT2D eigenvalue weighted by atomic mass is 16.5. The predicted molar refractivity (Wildman–Crippen MR) is 108 cm³/mol. The molecule has 0 bridgehead atoms. The van der Waals surface area contributed by atoms with Crippen molar-refractivity contribution in [2.75, 3.05) is 0 Å². The summed E-state index contributed by atoms with van der Waals surface area (Å²) in [5.74, 6) is 2.03. The van der Waals surface area contributed by atoms with E-state index < -0.39 is 5.41 Å². The maximum atomic E-state index is 9.88. The van der Waals surface area contributed by atoms with Crippen LogP contribution in [0.4, 0.5) is 0 Å². The van der Waals surface area contributed by atoms with Crippen LogP contribution in [0.15, 0.2) is 97.1 Å². The van der Waals surface area contributed by atoms with Crippen LogP contribution in [0.1, 0.15) is 22.3 Å². The molecule has 1 heterocycles. The summed E-state index contributed by atoms with van der Waals surface area (Å²) in [6.45, 7) is 0. The Morgan fingerprint density at radius 1 is 0.500 bits per heavy atom. The summed E-state index contributed by atoms with van der Waals surface area (Å²) in [7, 11) is 0. The maximum absolute atomic E-state index is 9.88. The summed E-state index contributed by atoms with van der Waals surface area (Å²) < 4.78 is 6.22. The monoisotopic (exact) mass is 366 g/mol. The Morgan fingerprint density at radius 2 is 0.893 bits per heavy atom. The van der Waals surface area contributed by atoms with Crippen molar-refractivity contribution in [1.29, 1.82) is 0 Å². The summed E-state index contributed by atoms with van der Waals surface area (Å²) in [5, 5.41) is 19.8. The Balaban J connectivity index is 1.94. The molecule has 4 aromatic carbocycles. The van der Waals surface area contributed by atoms with Gasteiger partial charge in [-0.15, -0.1) is 0 Å². The van der Waals surface area contributed by atoms with Gasteiger partial charge in [-0.1, -0.05) is 60.7 Å². The molecule has 0 fully saturated rings. The van der Waals surface area contributed by atoms with Gasteiger partial charge < -0.3 is 14.9 Å². The molecule has 0 amide bonds. The minimum atomic E-state index is -0.632. The second-order valence-corrected chi connectivity index (χ2v) is 6.94. The predicted octanol–water partition coefficient (Wildman–Crippen LogP) is 5.59. The van der Waals surface area contributed by atoms with Crippen molar-refractivity contribution < 1.29 is 14.9 Å². The maximum Gasteiger partial charge on any atom is 0.132 e. The summed E-state index contributed by atoms with van der Waals surface area (Å²) in [6, 6.07) is 30.6. The molecule has 0 spiro atoms. The van der Waals surface area contributed by atoms with Crippen molar-refractivity contribution >= 4 is 0 Å². The van der Waals surface area contributed by atoms with Gasteiger partial charge in [0.05, 0.1) is 5.41 Å². The smallest absolute Gasteiger partial charge is 0.132 e. The van der Waals surface area contributed by atoms with Gasteiger partial charge >= 0.3 is 0 Å². The van der Waals surface area contributed by atoms with Crippen LogP contribution in [0.2, 0.25) is 0 Å². The van der Waals surface area contributed by atoms with E-state index in [1.54, 1.807) is 24.3 Å². The number of benzene rings is 4. The Morgan fingerprint density at radius 3 is 1.32 bits per heavy atom. The van der Waals surface area contributed by atoms with Gasteiger partial charge in [0.15, 0.2) is 0 Å². The first-order valence-electron chi connectivity index (χ1n) is 9.15. The van der Waals surface area contributed by atoms with Crippen LogP contribution in [-0.2, 0) is 5.41 Å². The van der Waals surface area contributed by atoms with Crippen LogP contribution in [0, 0.1) is 0 Å². The first-order chi connectivity index (χ1) is 13.7. The number of aromatic hydroxyl groups is 2. The normalized spacial score (nSPS) is 13.9. The zero-order chi connectivity index (χ0) is 19.1. The highest BCUT2D eigenvalue weighted by Crippen LogP contribution is 2.55. The molecule has 4 aromatic rings. The number of phenolic OH excluding ortho intramolecular Hbond substituents is 2. The summed E-state index contributed by atoms with van der Waals surface area (Å²) in [6.07, 6.45) is 0. The van der Waals surface area contributed by atoms with E-state index in [0.717, 1.165) is 33.8 Å². The molecular weight excluding hydrogens is 348 g/mol. The highest BCUT2D eigenvalue weighted by molar-refractivity contribution is 5.69. The third kappa shape index (κ3) is 2.30. The van der Waals surface area contributed by atoms with Gasteiger partial charge in [0.1, 0.15) is 23.0 Å². The molecule has 0 radical (unpaired) electrons. The average Bonchev–Trinajstić information content (AvgIpc) is 2.73. The second kappa shape index (κ2) is 6.17. The van der Waals surface area contributed by atoms with E-state index in [2.05, 4.69) is 12.1 Å². The molecular formula is C25H18O3. The first kappa shape index (κ1) is 16.5. The van der Waals surface area contributed by atoms with Crippen molar-refractivity contribution in [2.45, 2.75) is 5.41 Å². The van der Waals surface area contributed by atoms with E-state index in [4.69, 9.17) is 4.74 Å². The van der Waals surface area contributed by atoms with Crippen LogP contribution in [0.25, 0.3) is 0 Å². The van der Waals surface area contributed by atoms with Crippen molar-refractivity contribution in [3.8, 4) is 23.0 Å². The van der Waals surface area contributed by atoms with E-state index in [0.29, 0.717) is 0 Å². The van der Waals surface area contributed by atoms with Crippen molar-refractivity contribution in [1.82, 2.24) is 0 Å². The van der Waals surface area contributed by atoms with E-state index >= 15 is 0 Å². The van der Waals surface area contributed by atoms with Crippen molar-refractivity contribution in [3.05, 3.63) is 119 Å². The Hall–Kier alpha value is -3.72. The summed E-state index contributed by atoms with van der Waals surface area (Å²) >= 11 is 0.